The Hall–Kier alpha value is -0.640. The quantitative estimate of drug-likeness (QED) is 0.865. The van der Waals surface area contributed by atoms with Gasteiger partial charge in [0.2, 0.25) is 0 Å². The van der Waals surface area contributed by atoms with Crippen molar-refractivity contribution in [1.82, 2.24) is 0 Å². The molecule has 1 aromatic rings. The highest BCUT2D eigenvalue weighted by molar-refractivity contribution is 6.30. The Morgan fingerprint density at radius 1 is 1.29 bits per heavy atom. The summed E-state index contributed by atoms with van der Waals surface area (Å²) < 4.78 is 19.8. The lowest BCUT2D eigenvalue weighted by Crippen LogP contribution is -2.44. The summed E-state index contributed by atoms with van der Waals surface area (Å²) in [6.45, 7) is 0.772. The van der Waals surface area contributed by atoms with E-state index in [4.69, 9.17) is 22.1 Å². The van der Waals surface area contributed by atoms with Gasteiger partial charge in [0, 0.05) is 12.6 Å². The zero-order valence-electron chi connectivity index (χ0n) is 12.3. The molecule has 0 radical (unpaired) electrons. The molecule has 0 aromatic heterocycles. The van der Waals surface area contributed by atoms with Crippen LogP contribution in [-0.4, -0.2) is 12.2 Å². The van der Waals surface area contributed by atoms with Crippen LogP contribution in [0.15, 0.2) is 18.2 Å². The van der Waals surface area contributed by atoms with Gasteiger partial charge in [0.05, 0.1) is 10.6 Å². The van der Waals surface area contributed by atoms with Crippen LogP contribution in [0.2, 0.25) is 5.02 Å². The van der Waals surface area contributed by atoms with E-state index in [2.05, 4.69) is 0 Å². The molecule has 3 rings (SSSR count). The zero-order chi connectivity index (χ0) is 14.9. The van der Waals surface area contributed by atoms with Crippen molar-refractivity contribution in [3.05, 3.63) is 34.6 Å². The summed E-state index contributed by atoms with van der Waals surface area (Å²) in [5.74, 6) is -0.0264. The van der Waals surface area contributed by atoms with E-state index in [-0.39, 0.29) is 22.5 Å². The van der Waals surface area contributed by atoms with Crippen molar-refractivity contribution in [2.75, 3.05) is 6.61 Å². The van der Waals surface area contributed by atoms with E-state index in [1.807, 2.05) is 6.07 Å². The van der Waals surface area contributed by atoms with Gasteiger partial charge in [-0.2, -0.15) is 0 Å². The van der Waals surface area contributed by atoms with E-state index in [9.17, 15) is 4.39 Å². The normalized spacial score (nSPS) is 26.7. The first-order valence-electron chi connectivity index (χ1n) is 7.94. The van der Waals surface area contributed by atoms with Gasteiger partial charge in [-0.15, -0.1) is 0 Å². The van der Waals surface area contributed by atoms with Gasteiger partial charge >= 0.3 is 0 Å². The SMILES string of the molecule is NC(c1ccc(Cl)c(F)c1)C1CCOC2(CCCCC2)C1. The molecule has 0 bridgehead atoms. The minimum atomic E-state index is -0.385. The molecule has 4 heteroatoms. The average molecular weight is 312 g/mol. The Kier molecular flexibility index (Phi) is 4.53. The van der Waals surface area contributed by atoms with Gasteiger partial charge in [0.15, 0.2) is 0 Å². The Morgan fingerprint density at radius 3 is 2.76 bits per heavy atom. The van der Waals surface area contributed by atoms with Crippen LogP contribution in [0.25, 0.3) is 0 Å². The van der Waals surface area contributed by atoms with Crippen molar-refractivity contribution in [3.8, 4) is 0 Å². The van der Waals surface area contributed by atoms with Gasteiger partial charge in [-0.05, 0) is 49.3 Å². The Morgan fingerprint density at radius 2 is 2.05 bits per heavy atom. The summed E-state index contributed by atoms with van der Waals surface area (Å²) in [5.41, 5.74) is 7.29. The minimum Gasteiger partial charge on any atom is -0.375 e. The number of rotatable bonds is 2. The van der Waals surface area contributed by atoms with Crippen LogP contribution in [0.1, 0.15) is 56.6 Å². The molecule has 21 heavy (non-hydrogen) atoms. The summed E-state index contributed by atoms with van der Waals surface area (Å²) in [7, 11) is 0. The van der Waals surface area contributed by atoms with Crippen LogP contribution in [-0.2, 0) is 4.74 Å². The molecular weight excluding hydrogens is 289 g/mol. The molecule has 2 unspecified atom stereocenters. The van der Waals surface area contributed by atoms with Gasteiger partial charge in [0.25, 0.3) is 0 Å². The molecule has 1 aliphatic carbocycles. The summed E-state index contributed by atoms with van der Waals surface area (Å²) >= 11 is 5.75. The fourth-order valence-electron chi connectivity index (χ4n) is 3.91. The van der Waals surface area contributed by atoms with E-state index in [1.165, 1.54) is 25.3 Å². The molecule has 1 saturated carbocycles. The van der Waals surface area contributed by atoms with Crippen molar-refractivity contribution in [2.45, 2.75) is 56.6 Å². The van der Waals surface area contributed by atoms with Crippen molar-refractivity contribution in [2.24, 2.45) is 11.7 Å². The van der Waals surface area contributed by atoms with Crippen molar-refractivity contribution in [1.29, 1.82) is 0 Å². The lowest BCUT2D eigenvalue weighted by molar-refractivity contribution is -0.120. The first kappa shape index (κ1) is 15.3. The maximum absolute atomic E-state index is 13.6. The standard InChI is InChI=1S/C17H23ClFNO/c18-14-5-4-12(10-15(14)19)16(20)13-6-9-21-17(11-13)7-2-1-3-8-17/h4-5,10,13,16H,1-3,6-9,11,20H2. The summed E-state index contributed by atoms with van der Waals surface area (Å²) in [6.07, 6.45) is 8.04. The van der Waals surface area contributed by atoms with Crippen LogP contribution in [0.3, 0.4) is 0 Å². The van der Waals surface area contributed by atoms with Crippen LogP contribution < -0.4 is 5.73 Å². The van der Waals surface area contributed by atoms with E-state index in [1.54, 1.807) is 6.07 Å². The largest absolute Gasteiger partial charge is 0.375 e. The van der Waals surface area contributed by atoms with E-state index in [0.717, 1.165) is 37.9 Å². The second-order valence-corrected chi connectivity index (χ2v) is 6.95. The maximum Gasteiger partial charge on any atom is 0.142 e. The molecule has 1 saturated heterocycles. The van der Waals surface area contributed by atoms with Gasteiger partial charge in [-0.25, -0.2) is 4.39 Å². The highest BCUT2D eigenvalue weighted by Gasteiger charge is 2.40. The molecule has 2 N–H and O–H groups in total. The molecule has 116 valence electrons. The number of hydrogen-bond donors (Lipinski definition) is 1. The summed E-state index contributed by atoms with van der Waals surface area (Å²) in [5, 5.41) is 0.154. The highest BCUT2D eigenvalue weighted by atomic mass is 35.5. The molecule has 2 aliphatic rings. The summed E-state index contributed by atoms with van der Waals surface area (Å²) in [6, 6.07) is 4.79. The lowest BCUT2D eigenvalue weighted by Gasteiger charge is -2.45. The van der Waals surface area contributed by atoms with Gasteiger partial charge in [-0.1, -0.05) is 36.9 Å². The van der Waals surface area contributed by atoms with E-state index in [0.29, 0.717) is 5.92 Å². The predicted molar refractivity (Wildman–Crippen MR) is 82.8 cm³/mol. The third kappa shape index (κ3) is 3.25. The van der Waals surface area contributed by atoms with E-state index >= 15 is 0 Å². The van der Waals surface area contributed by atoms with Crippen molar-refractivity contribution in [3.63, 3.8) is 0 Å². The molecule has 2 atom stereocenters. The average Bonchev–Trinajstić information content (AvgIpc) is 2.50. The second-order valence-electron chi connectivity index (χ2n) is 6.54. The van der Waals surface area contributed by atoms with Crippen LogP contribution in [0.4, 0.5) is 4.39 Å². The number of hydrogen-bond acceptors (Lipinski definition) is 2. The molecule has 1 spiro atoms. The van der Waals surface area contributed by atoms with Crippen LogP contribution >= 0.6 is 11.6 Å². The molecular formula is C17H23ClFNO. The molecule has 1 heterocycles. The first-order chi connectivity index (χ1) is 10.1. The Balaban J connectivity index is 1.74. The molecule has 0 amide bonds. The van der Waals surface area contributed by atoms with Crippen molar-refractivity contribution >= 4 is 11.6 Å². The predicted octanol–water partition coefficient (Wildman–Crippen LogP) is 4.61. The van der Waals surface area contributed by atoms with E-state index < -0.39 is 0 Å². The molecule has 1 aromatic carbocycles. The fraction of sp³-hybridized carbons (Fsp3) is 0.647. The summed E-state index contributed by atoms with van der Waals surface area (Å²) in [4.78, 5) is 0. The third-order valence-electron chi connectivity index (χ3n) is 5.13. The van der Waals surface area contributed by atoms with Crippen molar-refractivity contribution < 1.29 is 9.13 Å². The Labute approximate surface area is 130 Å². The fourth-order valence-corrected chi connectivity index (χ4v) is 4.03. The number of ether oxygens (including phenoxy) is 1. The Bertz CT molecular complexity index is 496. The minimum absolute atomic E-state index is 0.0315. The van der Waals surface area contributed by atoms with Crippen LogP contribution in [0, 0.1) is 11.7 Å². The smallest absolute Gasteiger partial charge is 0.142 e. The monoisotopic (exact) mass is 311 g/mol. The highest BCUT2D eigenvalue weighted by Crippen LogP contribution is 2.43. The van der Waals surface area contributed by atoms with Gasteiger partial charge in [0.1, 0.15) is 5.82 Å². The third-order valence-corrected chi connectivity index (χ3v) is 5.44. The zero-order valence-corrected chi connectivity index (χ0v) is 13.0. The molecule has 1 aliphatic heterocycles. The topological polar surface area (TPSA) is 35.2 Å². The first-order valence-corrected chi connectivity index (χ1v) is 8.32. The molecule has 2 fully saturated rings. The van der Waals surface area contributed by atoms with Gasteiger partial charge in [-0.3, -0.25) is 0 Å². The lowest BCUT2D eigenvalue weighted by atomic mass is 9.73. The number of halogens is 2. The molecule has 2 nitrogen and oxygen atoms in total. The maximum atomic E-state index is 13.6. The number of benzene rings is 1. The van der Waals surface area contributed by atoms with Crippen LogP contribution in [0.5, 0.6) is 0 Å². The van der Waals surface area contributed by atoms with Gasteiger partial charge < -0.3 is 10.5 Å². The number of nitrogens with two attached hydrogens (primary N) is 1. The second kappa shape index (κ2) is 6.23.